The summed E-state index contributed by atoms with van der Waals surface area (Å²) < 4.78 is 1.81. The van der Waals surface area contributed by atoms with E-state index in [1.165, 1.54) is 4.68 Å². The van der Waals surface area contributed by atoms with Gasteiger partial charge in [-0.2, -0.15) is 5.10 Å². The molecular formula is C12H19BrN4O. The average molecular weight is 315 g/mol. The second-order valence-electron chi connectivity index (χ2n) is 4.38. The summed E-state index contributed by atoms with van der Waals surface area (Å²) >= 11 is 3.30. The summed E-state index contributed by atoms with van der Waals surface area (Å²) in [6.07, 6.45) is 3.25. The third kappa shape index (κ3) is 3.43. The number of aromatic nitrogens is 2. The van der Waals surface area contributed by atoms with Crippen LogP contribution in [0, 0.1) is 5.92 Å². The van der Waals surface area contributed by atoms with Crippen molar-refractivity contribution in [2.45, 2.75) is 26.4 Å². The molecule has 3 N–H and O–H groups in total. The zero-order valence-electron chi connectivity index (χ0n) is 10.7. The normalized spacial score (nSPS) is 12.5. The van der Waals surface area contributed by atoms with Crippen LogP contribution < -0.4 is 16.6 Å². The van der Waals surface area contributed by atoms with Crippen LogP contribution >= 0.6 is 15.9 Å². The van der Waals surface area contributed by atoms with E-state index in [9.17, 15) is 4.79 Å². The lowest BCUT2D eigenvalue weighted by atomic mass is 10.0. The van der Waals surface area contributed by atoms with Crippen molar-refractivity contribution >= 4 is 21.6 Å². The first-order valence-electron chi connectivity index (χ1n) is 5.84. The molecule has 0 saturated carbocycles. The highest BCUT2D eigenvalue weighted by Gasteiger charge is 2.15. The molecule has 1 rings (SSSR count). The lowest BCUT2D eigenvalue weighted by Gasteiger charge is -2.22. The van der Waals surface area contributed by atoms with Gasteiger partial charge < -0.3 is 11.1 Å². The minimum absolute atomic E-state index is 0.109. The lowest BCUT2D eigenvalue weighted by molar-refractivity contribution is 0.530. The molecule has 1 heterocycles. The topological polar surface area (TPSA) is 72.9 Å². The summed E-state index contributed by atoms with van der Waals surface area (Å²) in [6, 6.07) is 0.109. The molecule has 0 radical (unpaired) electrons. The van der Waals surface area contributed by atoms with Gasteiger partial charge in [-0.05, 0) is 21.8 Å². The Morgan fingerprint density at radius 3 is 2.83 bits per heavy atom. The summed E-state index contributed by atoms with van der Waals surface area (Å²) in [4.78, 5) is 12.0. The van der Waals surface area contributed by atoms with Gasteiger partial charge in [-0.3, -0.25) is 4.79 Å². The molecule has 6 heteroatoms. The van der Waals surface area contributed by atoms with E-state index in [1.807, 2.05) is 0 Å². The molecule has 0 aromatic carbocycles. The van der Waals surface area contributed by atoms with Gasteiger partial charge >= 0.3 is 0 Å². The number of hydrogen-bond donors (Lipinski definition) is 2. The molecule has 1 atom stereocenters. The number of halogens is 1. The molecule has 1 aromatic rings. The highest BCUT2D eigenvalue weighted by molar-refractivity contribution is 9.10. The van der Waals surface area contributed by atoms with Crippen molar-refractivity contribution in [2.75, 3.05) is 11.9 Å². The van der Waals surface area contributed by atoms with Gasteiger partial charge in [0.2, 0.25) is 0 Å². The number of anilines is 1. The van der Waals surface area contributed by atoms with Crippen LogP contribution in [-0.4, -0.2) is 22.4 Å². The lowest BCUT2D eigenvalue weighted by Crippen LogP contribution is -2.35. The van der Waals surface area contributed by atoms with Gasteiger partial charge in [0, 0.05) is 12.6 Å². The van der Waals surface area contributed by atoms with Gasteiger partial charge in [0.1, 0.15) is 4.47 Å². The molecule has 0 bridgehead atoms. The Labute approximate surface area is 115 Å². The third-order valence-corrected chi connectivity index (χ3v) is 3.45. The first-order valence-corrected chi connectivity index (χ1v) is 6.63. The Bertz CT molecular complexity index is 470. The molecule has 18 heavy (non-hydrogen) atoms. The van der Waals surface area contributed by atoms with Crippen LogP contribution in [0.2, 0.25) is 0 Å². The van der Waals surface area contributed by atoms with E-state index in [0.717, 1.165) is 0 Å². The van der Waals surface area contributed by atoms with E-state index in [0.29, 0.717) is 29.2 Å². The molecule has 0 aliphatic rings. The van der Waals surface area contributed by atoms with Gasteiger partial charge in [0.05, 0.1) is 18.4 Å². The SMILES string of the molecule is C=CCn1ncc(NC(CN)C(C)C)c(Br)c1=O. The van der Waals surface area contributed by atoms with E-state index < -0.39 is 0 Å². The van der Waals surface area contributed by atoms with Crippen LogP contribution in [0.25, 0.3) is 0 Å². The van der Waals surface area contributed by atoms with Crippen molar-refractivity contribution in [3.05, 3.63) is 33.7 Å². The van der Waals surface area contributed by atoms with E-state index in [-0.39, 0.29) is 11.6 Å². The number of nitrogens with one attached hydrogen (secondary N) is 1. The molecule has 0 aliphatic carbocycles. The molecule has 0 fully saturated rings. The third-order valence-electron chi connectivity index (χ3n) is 2.69. The van der Waals surface area contributed by atoms with Gasteiger partial charge in [0.25, 0.3) is 5.56 Å². The van der Waals surface area contributed by atoms with Crippen LogP contribution in [0.1, 0.15) is 13.8 Å². The monoisotopic (exact) mass is 314 g/mol. The second-order valence-corrected chi connectivity index (χ2v) is 5.17. The van der Waals surface area contributed by atoms with Gasteiger partial charge in [-0.15, -0.1) is 6.58 Å². The largest absolute Gasteiger partial charge is 0.378 e. The number of nitrogens with zero attached hydrogens (tertiary/aromatic N) is 2. The van der Waals surface area contributed by atoms with Gasteiger partial charge in [-0.25, -0.2) is 4.68 Å². The molecular weight excluding hydrogens is 296 g/mol. The van der Waals surface area contributed by atoms with Crippen molar-refractivity contribution in [1.29, 1.82) is 0 Å². The first kappa shape index (κ1) is 14.9. The molecule has 1 aromatic heterocycles. The second kappa shape index (κ2) is 6.70. The minimum Gasteiger partial charge on any atom is -0.378 e. The molecule has 0 aliphatic heterocycles. The highest BCUT2D eigenvalue weighted by atomic mass is 79.9. The fraction of sp³-hybridized carbons (Fsp3) is 0.500. The maximum absolute atomic E-state index is 12.0. The van der Waals surface area contributed by atoms with Crippen LogP contribution in [-0.2, 0) is 6.54 Å². The van der Waals surface area contributed by atoms with Crippen LogP contribution in [0.4, 0.5) is 5.69 Å². The Balaban J connectivity index is 3.01. The van der Waals surface area contributed by atoms with E-state index in [1.54, 1.807) is 12.3 Å². The molecule has 0 saturated heterocycles. The fourth-order valence-corrected chi connectivity index (χ4v) is 1.94. The molecule has 1 unspecified atom stereocenters. The number of allylic oxidation sites excluding steroid dienone is 1. The summed E-state index contributed by atoms with van der Waals surface area (Å²) in [7, 11) is 0. The standard InChI is InChI=1S/C12H19BrN4O/c1-4-5-17-12(18)11(13)10(7-15-17)16-9(6-14)8(2)3/h4,7-9,16H,1,5-6,14H2,2-3H3. The van der Waals surface area contributed by atoms with Crippen molar-refractivity contribution in [3.63, 3.8) is 0 Å². The molecule has 100 valence electrons. The maximum Gasteiger partial charge on any atom is 0.283 e. The van der Waals surface area contributed by atoms with Crippen LogP contribution in [0.3, 0.4) is 0 Å². The highest BCUT2D eigenvalue weighted by Crippen LogP contribution is 2.18. The first-order chi connectivity index (χ1) is 8.51. The number of hydrogen-bond acceptors (Lipinski definition) is 4. The molecule has 0 amide bonds. The summed E-state index contributed by atoms with van der Waals surface area (Å²) in [5.41, 5.74) is 6.18. The quantitative estimate of drug-likeness (QED) is 0.782. The molecule has 0 spiro atoms. The van der Waals surface area contributed by atoms with Crippen LogP contribution in [0.15, 0.2) is 28.1 Å². The minimum atomic E-state index is -0.181. The van der Waals surface area contributed by atoms with Crippen molar-refractivity contribution in [2.24, 2.45) is 11.7 Å². The predicted molar refractivity (Wildman–Crippen MR) is 77.7 cm³/mol. The van der Waals surface area contributed by atoms with Gasteiger partial charge in [0.15, 0.2) is 0 Å². The van der Waals surface area contributed by atoms with E-state index in [4.69, 9.17) is 5.73 Å². The van der Waals surface area contributed by atoms with Crippen molar-refractivity contribution in [1.82, 2.24) is 9.78 Å². The molecule has 5 nitrogen and oxygen atoms in total. The maximum atomic E-state index is 12.0. The Kier molecular flexibility index (Phi) is 5.55. The Hall–Kier alpha value is -1.14. The summed E-state index contributed by atoms with van der Waals surface area (Å²) in [6.45, 7) is 8.63. The van der Waals surface area contributed by atoms with Crippen molar-refractivity contribution in [3.8, 4) is 0 Å². The Morgan fingerprint density at radius 2 is 2.33 bits per heavy atom. The number of nitrogens with two attached hydrogens (primary N) is 1. The summed E-state index contributed by atoms with van der Waals surface area (Å²) in [5, 5.41) is 7.31. The van der Waals surface area contributed by atoms with Crippen LogP contribution in [0.5, 0.6) is 0 Å². The van der Waals surface area contributed by atoms with Gasteiger partial charge in [-0.1, -0.05) is 19.9 Å². The van der Waals surface area contributed by atoms with Crippen molar-refractivity contribution < 1.29 is 0 Å². The van der Waals surface area contributed by atoms with E-state index in [2.05, 4.69) is 46.8 Å². The number of rotatable bonds is 6. The average Bonchev–Trinajstić information content (AvgIpc) is 2.34. The smallest absolute Gasteiger partial charge is 0.283 e. The fourth-order valence-electron chi connectivity index (χ4n) is 1.52. The van der Waals surface area contributed by atoms with E-state index >= 15 is 0 Å². The Morgan fingerprint density at radius 1 is 1.67 bits per heavy atom. The zero-order chi connectivity index (χ0) is 13.7. The summed E-state index contributed by atoms with van der Waals surface area (Å²) in [5.74, 6) is 0.373. The zero-order valence-corrected chi connectivity index (χ0v) is 12.3. The predicted octanol–water partition coefficient (Wildman–Crippen LogP) is 1.59.